The van der Waals surface area contributed by atoms with Gasteiger partial charge in [0.25, 0.3) is 5.91 Å². The number of nitrogens with one attached hydrogen (secondary N) is 1. The number of carbonyl (C=O) groups excluding carboxylic acids is 1. The van der Waals surface area contributed by atoms with E-state index in [4.69, 9.17) is 11.0 Å². The van der Waals surface area contributed by atoms with Gasteiger partial charge in [-0.2, -0.15) is 5.26 Å². The predicted molar refractivity (Wildman–Crippen MR) is 127 cm³/mol. The van der Waals surface area contributed by atoms with Gasteiger partial charge in [-0.05, 0) is 54.6 Å². The summed E-state index contributed by atoms with van der Waals surface area (Å²) in [5.74, 6) is -0.746. The van der Waals surface area contributed by atoms with E-state index in [1.165, 1.54) is 53.1 Å². The monoisotopic (exact) mass is 494 g/mol. The number of fused-ring (bicyclic) bond motifs is 1. The molecule has 34 heavy (non-hydrogen) atoms. The van der Waals surface area contributed by atoms with Crippen LogP contribution >= 0.6 is 0 Å². The maximum absolute atomic E-state index is 13.2. The number of primary amides is 1. The van der Waals surface area contributed by atoms with Crippen molar-refractivity contribution >= 4 is 42.4 Å². The number of amides is 1. The van der Waals surface area contributed by atoms with Crippen LogP contribution < -0.4 is 10.5 Å². The van der Waals surface area contributed by atoms with Gasteiger partial charge < -0.3 is 10.3 Å². The van der Waals surface area contributed by atoms with Crippen LogP contribution in [-0.2, 0) is 19.9 Å². The van der Waals surface area contributed by atoms with Gasteiger partial charge in [-0.25, -0.2) is 16.8 Å². The molecular weight excluding hydrogens is 476 g/mol. The fourth-order valence-corrected chi connectivity index (χ4v) is 5.50. The summed E-state index contributed by atoms with van der Waals surface area (Å²) in [6, 6.07) is 19.7. The predicted octanol–water partition coefficient (Wildman–Crippen LogP) is 2.81. The Morgan fingerprint density at radius 3 is 2.26 bits per heavy atom. The van der Waals surface area contributed by atoms with Gasteiger partial charge in [0.2, 0.25) is 19.9 Å². The molecule has 0 aliphatic carbocycles. The lowest BCUT2D eigenvalue weighted by molar-refractivity contribution is 0.0994. The van der Waals surface area contributed by atoms with Gasteiger partial charge in [-0.3, -0.25) is 9.52 Å². The van der Waals surface area contributed by atoms with Crippen molar-refractivity contribution in [2.45, 2.75) is 9.79 Å². The van der Waals surface area contributed by atoms with Crippen LogP contribution in [0.4, 0.5) is 5.69 Å². The van der Waals surface area contributed by atoms with Crippen LogP contribution in [0, 0.1) is 11.3 Å². The van der Waals surface area contributed by atoms with Crippen molar-refractivity contribution < 1.29 is 21.6 Å². The Kier molecular flexibility index (Phi) is 5.64. The maximum Gasteiger partial charge on any atom is 0.265 e. The molecule has 0 atom stereocenters. The molecule has 4 aromatic rings. The normalized spacial score (nSPS) is 11.8. The first-order chi connectivity index (χ1) is 16.0. The summed E-state index contributed by atoms with van der Waals surface area (Å²) in [6.07, 6.45) is 1.01. The van der Waals surface area contributed by atoms with E-state index in [1.54, 1.807) is 24.3 Å². The number of anilines is 1. The number of carbonyl (C=O) groups is 1. The molecule has 0 aliphatic rings. The zero-order valence-electron chi connectivity index (χ0n) is 17.8. The number of benzene rings is 3. The first-order valence-electron chi connectivity index (χ1n) is 9.78. The minimum absolute atomic E-state index is 0.0455. The van der Waals surface area contributed by atoms with Crippen molar-refractivity contribution in [3.63, 3.8) is 0 Å². The molecule has 4 rings (SSSR count). The largest absolute Gasteiger partial charge is 0.364 e. The Balaban J connectivity index is 1.92. The highest BCUT2D eigenvalue weighted by atomic mass is 32.2. The number of nitriles is 1. The van der Waals surface area contributed by atoms with Gasteiger partial charge in [-0.1, -0.05) is 18.2 Å². The quantitative estimate of drug-likeness (QED) is 0.420. The van der Waals surface area contributed by atoms with E-state index in [-0.39, 0.29) is 26.7 Å². The van der Waals surface area contributed by atoms with Crippen molar-refractivity contribution in [1.29, 1.82) is 5.26 Å². The van der Waals surface area contributed by atoms with Crippen molar-refractivity contribution in [2.75, 3.05) is 11.0 Å². The zero-order valence-corrected chi connectivity index (χ0v) is 19.4. The molecule has 9 nitrogen and oxygen atoms in total. The summed E-state index contributed by atoms with van der Waals surface area (Å²) in [6.45, 7) is 0. The molecule has 0 aliphatic heterocycles. The number of sulfone groups is 1. The van der Waals surface area contributed by atoms with Crippen molar-refractivity contribution in [1.82, 2.24) is 4.57 Å². The molecule has 0 spiro atoms. The number of aromatic nitrogens is 1. The molecule has 1 amide bonds. The average Bonchev–Trinajstić information content (AvgIpc) is 3.17. The zero-order chi connectivity index (χ0) is 24.7. The Morgan fingerprint density at radius 1 is 0.941 bits per heavy atom. The Labute approximate surface area is 196 Å². The van der Waals surface area contributed by atoms with Crippen molar-refractivity contribution in [2.24, 2.45) is 5.73 Å². The highest BCUT2D eigenvalue weighted by Crippen LogP contribution is 2.30. The first kappa shape index (κ1) is 23.0. The third-order valence-electron chi connectivity index (χ3n) is 5.02. The van der Waals surface area contributed by atoms with E-state index in [2.05, 4.69) is 4.72 Å². The van der Waals surface area contributed by atoms with Crippen molar-refractivity contribution in [3.8, 4) is 11.8 Å². The number of rotatable bonds is 6. The highest BCUT2D eigenvalue weighted by Gasteiger charge is 2.21. The molecule has 3 N–H and O–H groups in total. The Hall–Kier alpha value is -4.14. The van der Waals surface area contributed by atoms with Crippen LogP contribution in [-0.4, -0.2) is 33.6 Å². The maximum atomic E-state index is 13.2. The molecule has 1 aromatic heterocycles. The van der Waals surface area contributed by atoms with Crippen LogP contribution in [0.3, 0.4) is 0 Å². The van der Waals surface area contributed by atoms with Crippen LogP contribution in [0.2, 0.25) is 0 Å². The second-order valence-electron chi connectivity index (χ2n) is 7.52. The molecule has 3 aromatic carbocycles. The minimum Gasteiger partial charge on any atom is -0.364 e. The summed E-state index contributed by atoms with van der Waals surface area (Å²) in [7, 11) is -7.52. The van der Waals surface area contributed by atoms with Gasteiger partial charge in [0.05, 0.1) is 38.9 Å². The summed E-state index contributed by atoms with van der Waals surface area (Å²) in [5.41, 5.74) is 6.92. The lowest BCUT2D eigenvalue weighted by Crippen LogP contribution is -2.16. The third kappa shape index (κ3) is 4.36. The molecule has 0 fully saturated rings. The molecule has 0 radical (unpaired) electrons. The topological polar surface area (TPSA) is 152 Å². The lowest BCUT2D eigenvalue weighted by atomic mass is 10.2. The SMILES string of the molecule is CS(=O)(=O)Nc1ccc2cc(C(N)=O)n(-c3cccc(S(=O)(=O)c4cccc(C#N)c4)c3)c2c1. The van der Waals surface area contributed by atoms with Gasteiger partial charge >= 0.3 is 0 Å². The van der Waals surface area contributed by atoms with Crippen LogP contribution in [0.5, 0.6) is 0 Å². The highest BCUT2D eigenvalue weighted by molar-refractivity contribution is 7.92. The molecule has 0 bridgehead atoms. The van der Waals surface area contributed by atoms with E-state index < -0.39 is 25.8 Å². The summed E-state index contributed by atoms with van der Waals surface area (Å²) in [4.78, 5) is 12.1. The van der Waals surface area contributed by atoms with Crippen LogP contribution in [0.15, 0.2) is 82.6 Å². The van der Waals surface area contributed by atoms with E-state index in [1.807, 2.05) is 6.07 Å². The molecular formula is C23H18N4O5S2. The Bertz CT molecular complexity index is 1720. The fraction of sp³-hybridized carbons (Fsp3) is 0.0435. The van der Waals surface area contributed by atoms with Crippen LogP contribution in [0.1, 0.15) is 16.1 Å². The molecule has 1 heterocycles. The lowest BCUT2D eigenvalue weighted by Gasteiger charge is -2.12. The molecule has 11 heteroatoms. The minimum atomic E-state index is -3.98. The second-order valence-corrected chi connectivity index (χ2v) is 11.2. The number of nitrogens with two attached hydrogens (primary N) is 1. The number of hydrogen-bond donors (Lipinski definition) is 2. The van der Waals surface area contributed by atoms with E-state index in [0.29, 0.717) is 16.6 Å². The third-order valence-corrected chi connectivity index (χ3v) is 7.38. The molecule has 0 unspecified atom stereocenters. The number of sulfonamides is 1. The molecule has 0 saturated carbocycles. The van der Waals surface area contributed by atoms with Gasteiger partial charge in [0.15, 0.2) is 0 Å². The fourth-order valence-electron chi connectivity index (χ4n) is 3.60. The Morgan fingerprint density at radius 2 is 1.62 bits per heavy atom. The summed E-state index contributed by atoms with van der Waals surface area (Å²) >= 11 is 0. The smallest absolute Gasteiger partial charge is 0.265 e. The average molecular weight is 495 g/mol. The van der Waals surface area contributed by atoms with Gasteiger partial charge in [-0.15, -0.1) is 0 Å². The van der Waals surface area contributed by atoms with E-state index >= 15 is 0 Å². The number of nitrogens with zero attached hydrogens (tertiary/aromatic N) is 2. The summed E-state index contributed by atoms with van der Waals surface area (Å²) in [5, 5.41) is 9.71. The van der Waals surface area contributed by atoms with E-state index in [9.17, 15) is 21.6 Å². The summed E-state index contributed by atoms with van der Waals surface area (Å²) < 4.78 is 53.6. The van der Waals surface area contributed by atoms with Gasteiger partial charge in [0.1, 0.15) is 5.69 Å². The standard InChI is InChI=1S/C23H18N4O5S2/c1-33(29,30)26-17-9-8-16-11-22(23(25)28)27(21(16)12-17)18-5-3-7-20(13-18)34(31,32)19-6-2-4-15(10-19)14-24/h2-13,26H,1H3,(H2,25,28). The first-order valence-corrected chi connectivity index (χ1v) is 13.2. The van der Waals surface area contributed by atoms with Gasteiger partial charge in [0, 0.05) is 11.1 Å². The number of hydrogen-bond acceptors (Lipinski definition) is 6. The van der Waals surface area contributed by atoms with E-state index in [0.717, 1.165) is 6.26 Å². The van der Waals surface area contributed by atoms with Crippen molar-refractivity contribution in [3.05, 3.63) is 84.1 Å². The molecule has 172 valence electrons. The van der Waals surface area contributed by atoms with Crippen LogP contribution in [0.25, 0.3) is 16.6 Å². The molecule has 0 saturated heterocycles. The second kappa shape index (κ2) is 8.33.